The molecule has 2 aromatic rings. The molecule has 0 aliphatic heterocycles. The van der Waals surface area contributed by atoms with Crippen molar-refractivity contribution in [2.24, 2.45) is 7.05 Å². The van der Waals surface area contributed by atoms with Crippen LogP contribution in [0.4, 0.5) is 10.1 Å². The maximum absolute atomic E-state index is 12.7. The summed E-state index contributed by atoms with van der Waals surface area (Å²) in [6.07, 6.45) is 0. The number of aromatic carboxylic acids is 1. The molecule has 0 atom stereocenters. The number of anilines is 1. The fourth-order valence-corrected chi connectivity index (χ4v) is 1.51. The summed E-state index contributed by atoms with van der Waals surface area (Å²) < 4.78 is 13.9. The second-order valence-corrected chi connectivity index (χ2v) is 3.80. The maximum atomic E-state index is 12.7. The Bertz CT molecular complexity index is 634. The van der Waals surface area contributed by atoms with E-state index in [1.54, 1.807) is 0 Å². The van der Waals surface area contributed by atoms with Crippen LogP contribution >= 0.6 is 0 Å². The molecule has 1 aromatic carbocycles. The molecular weight excluding hydrogens is 253 g/mol. The highest BCUT2D eigenvalue weighted by Gasteiger charge is 2.16. The number of rotatable bonds is 3. The zero-order chi connectivity index (χ0) is 14.0. The van der Waals surface area contributed by atoms with Gasteiger partial charge in [0.05, 0.1) is 0 Å². The zero-order valence-corrected chi connectivity index (χ0v) is 9.92. The smallest absolute Gasteiger partial charge is 0.356 e. The Morgan fingerprint density at radius 3 is 2.47 bits per heavy atom. The number of benzene rings is 1. The van der Waals surface area contributed by atoms with Crippen molar-refractivity contribution in [1.29, 1.82) is 0 Å². The van der Waals surface area contributed by atoms with Gasteiger partial charge in [0.25, 0.3) is 5.91 Å². The van der Waals surface area contributed by atoms with Gasteiger partial charge in [0, 0.05) is 18.8 Å². The number of nitrogens with one attached hydrogen (secondary N) is 1. The summed E-state index contributed by atoms with van der Waals surface area (Å²) in [7, 11) is 1.46. The number of carboxylic acid groups (broad SMARTS) is 1. The number of carbonyl (C=O) groups is 2. The molecule has 0 saturated carbocycles. The predicted octanol–water partition coefficient (Wildman–Crippen LogP) is 1.51. The van der Waals surface area contributed by atoms with E-state index < -0.39 is 17.7 Å². The normalized spacial score (nSPS) is 10.2. The molecule has 1 aromatic heterocycles. The first kappa shape index (κ1) is 12.7. The SMILES string of the molecule is Cn1nc(C(=O)O)cc1C(=O)Nc1ccc(F)cc1. The Morgan fingerprint density at radius 1 is 1.32 bits per heavy atom. The molecule has 0 fully saturated rings. The third-order valence-electron chi connectivity index (χ3n) is 2.43. The number of nitrogens with zero attached hydrogens (tertiary/aromatic N) is 2. The molecule has 1 amide bonds. The van der Waals surface area contributed by atoms with Crippen molar-refractivity contribution in [3.63, 3.8) is 0 Å². The second-order valence-electron chi connectivity index (χ2n) is 3.80. The zero-order valence-electron chi connectivity index (χ0n) is 9.92. The number of carboxylic acids is 1. The van der Waals surface area contributed by atoms with E-state index in [0.717, 1.165) is 0 Å². The van der Waals surface area contributed by atoms with Crippen molar-refractivity contribution in [3.8, 4) is 0 Å². The molecular formula is C12H10FN3O3. The fourth-order valence-electron chi connectivity index (χ4n) is 1.51. The molecule has 0 radical (unpaired) electrons. The van der Waals surface area contributed by atoms with Crippen LogP contribution in [-0.4, -0.2) is 26.8 Å². The summed E-state index contributed by atoms with van der Waals surface area (Å²) in [6, 6.07) is 6.40. The minimum atomic E-state index is -1.21. The lowest BCUT2D eigenvalue weighted by molar-refractivity contribution is 0.0689. The molecule has 2 N–H and O–H groups in total. The molecule has 1 heterocycles. The van der Waals surface area contributed by atoms with E-state index in [1.807, 2.05) is 0 Å². The van der Waals surface area contributed by atoms with Crippen LogP contribution < -0.4 is 5.32 Å². The van der Waals surface area contributed by atoms with E-state index in [1.165, 1.54) is 42.1 Å². The van der Waals surface area contributed by atoms with Crippen LogP contribution in [-0.2, 0) is 7.05 Å². The van der Waals surface area contributed by atoms with Crippen molar-refractivity contribution >= 4 is 17.6 Å². The standard InChI is InChI=1S/C12H10FN3O3/c1-16-10(6-9(15-16)12(18)19)11(17)14-8-4-2-7(13)3-5-8/h2-6H,1H3,(H,14,17)(H,18,19). The maximum Gasteiger partial charge on any atom is 0.356 e. The van der Waals surface area contributed by atoms with Crippen molar-refractivity contribution in [3.05, 3.63) is 47.5 Å². The molecule has 0 aliphatic carbocycles. The second kappa shape index (κ2) is 4.89. The van der Waals surface area contributed by atoms with E-state index in [-0.39, 0.29) is 11.4 Å². The molecule has 0 saturated heterocycles. The quantitative estimate of drug-likeness (QED) is 0.879. The minimum Gasteiger partial charge on any atom is -0.476 e. The van der Waals surface area contributed by atoms with Gasteiger partial charge in [0.15, 0.2) is 5.69 Å². The molecule has 0 bridgehead atoms. The number of halogens is 1. The van der Waals surface area contributed by atoms with E-state index >= 15 is 0 Å². The largest absolute Gasteiger partial charge is 0.476 e. The van der Waals surface area contributed by atoms with Gasteiger partial charge in [-0.1, -0.05) is 0 Å². The lowest BCUT2D eigenvalue weighted by atomic mass is 10.3. The lowest BCUT2D eigenvalue weighted by Crippen LogP contribution is -2.15. The topological polar surface area (TPSA) is 84.2 Å². The number of hydrogen-bond donors (Lipinski definition) is 2. The summed E-state index contributed by atoms with van der Waals surface area (Å²) >= 11 is 0. The summed E-state index contributed by atoms with van der Waals surface area (Å²) in [5.74, 6) is -2.14. The van der Waals surface area contributed by atoms with Crippen molar-refractivity contribution in [1.82, 2.24) is 9.78 Å². The Morgan fingerprint density at radius 2 is 1.95 bits per heavy atom. The number of carbonyl (C=O) groups excluding carboxylic acids is 1. The van der Waals surface area contributed by atoms with Crippen LogP contribution in [0.15, 0.2) is 30.3 Å². The van der Waals surface area contributed by atoms with Gasteiger partial charge in [-0.15, -0.1) is 0 Å². The minimum absolute atomic E-state index is 0.0988. The van der Waals surface area contributed by atoms with Gasteiger partial charge in [-0.05, 0) is 24.3 Å². The van der Waals surface area contributed by atoms with Crippen LogP contribution in [0.1, 0.15) is 21.0 Å². The van der Waals surface area contributed by atoms with Crippen LogP contribution in [0.3, 0.4) is 0 Å². The van der Waals surface area contributed by atoms with Crippen molar-refractivity contribution < 1.29 is 19.1 Å². The van der Waals surface area contributed by atoms with Gasteiger partial charge in [0.1, 0.15) is 11.5 Å². The molecule has 0 aliphatic rings. The molecule has 6 nitrogen and oxygen atoms in total. The first-order valence-corrected chi connectivity index (χ1v) is 5.31. The molecule has 0 spiro atoms. The summed E-state index contributed by atoms with van der Waals surface area (Å²) in [5.41, 5.74) is 0.290. The Hall–Kier alpha value is -2.70. The number of aryl methyl sites for hydroxylation is 1. The van der Waals surface area contributed by atoms with Gasteiger partial charge in [-0.25, -0.2) is 9.18 Å². The fraction of sp³-hybridized carbons (Fsp3) is 0.0833. The van der Waals surface area contributed by atoms with Crippen molar-refractivity contribution in [2.75, 3.05) is 5.32 Å². The highest BCUT2D eigenvalue weighted by molar-refractivity contribution is 6.04. The molecule has 2 rings (SSSR count). The van der Waals surface area contributed by atoms with Gasteiger partial charge < -0.3 is 10.4 Å². The highest BCUT2D eigenvalue weighted by atomic mass is 19.1. The monoisotopic (exact) mass is 263 g/mol. The van der Waals surface area contributed by atoms with Gasteiger partial charge in [0.2, 0.25) is 0 Å². The lowest BCUT2D eigenvalue weighted by Gasteiger charge is -2.04. The first-order valence-electron chi connectivity index (χ1n) is 5.31. The Labute approximate surface area is 107 Å². The number of aromatic nitrogens is 2. The summed E-state index contributed by atoms with van der Waals surface area (Å²) in [4.78, 5) is 22.6. The molecule has 0 unspecified atom stereocenters. The summed E-state index contributed by atoms with van der Waals surface area (Å²) in [5, 5.41) is 15.0. The van der Waals surface area contributed by atoms with E-state index in [4.69, 9.17) is 5.11 Å². The average Bonchev–Trinajstić information content (AvgIpc) is 2.74. The Balaban J connectivity index is 2.20. The van der Waals surface area contributed by atoms with E-state index in [0.29, 0.717) is 5.69 Å². The number of hydrogen-bond acceptors (Lipinski definition) is 3. The molecule has 7 heteroatoms. The van der Waals surface area contributed by atoms with Crippen molar-refractivity contribution in [2.45, 2.75) is 0 Å². The van der Waals surface area contributed by atoms with E-state index in [2.05, 4.69) is 10.4 Å². The van der Waals surface area contributed by atoms with Crippen LogP contribution in [0.5, 0.6) is 0 Å². The Kier molecular flexibility index (Phi) is 3.28. The van der Waals surface area contributed by atoms with Crippen LogP contribution in [0, 0.1) is 5.82 Å². The highest BCUT2D eigenvalue weighted by Crippen LogP contribution is 2.11. The van der Waals surface area contributed by atoms with Crippen LogP contribution in [0.25, 0.3) is 0 Å². The first-order chi connectivity index (χ1) is 8.97. The average molecular weight is 263 g/mol. The van der Waals surface area contributed by atoms with Gasteiger partial charge in [-0.2, -0.15) is 5.10 Å². The van der Waals surface area contributed by atoms with Gasteiger partial charge >= 0.3 is 5.97 Å². The predicted molar refractivity (Wildman–Crippen MR) is 64.5 cm³/mol. The van der Waals surface area contributed by atoms with Crippen LogP contribution in [0.2, 0.25) is 0 Å². The molecule has 19 heavy (non-hydrogen) atoms. The number of amides is 1. The third-order valence-corrected chi connectivity index (χ3v) is 2.43. The third kappa shape index (κ3) is 2.76. The van der Waals surface area contributed by atoms with Gasteiger partial charge in [-0.3, -0.25) is 9.48 Å². The molecule has 98 valence electrons. The van der Waals surface area contributed by atoms with E-state index in [9.17, 15) is 14.0 Å². The summed E-state index contributed by atoms with van der Waals surface area (Å²) in [6.45, 7) is 0.